The fourth-order valence-corrected chi connectivity index (χ4v) is 3.62. The van der Waals surface area contributed by atoms with E-state index >= 15 is 0 Å². The normalized spacial score (nSPS) is 16.0. The van der Waals surface area contributed by atoms with Crippen molar-refractivity contribution in [1.29, 1.82) is 0 Å². The SMILES string of the molecule is CC(C)(C)C(=O)N1CCC(C(=O)NCCc2c[nH]c3ccccc23)CC1. The minimum Gasteiger partial charge on any atom is -0.361 e. The van der Waals surface area contributed by atoms with Gasteiger partial charge in [-0.25, -0.2) is 0 Å². The molecule has 1 aliphatic heterocycles. The molecule has 1 aromatic heterocycles. The summed E-state index contributed by atoms with van der Waals surface area (Å²) in [6.07, 6.45) is 4.34. The van der Waals surface area contributed by atoms with Crippen LogP contribution in [-0.2, 0) is 16.0 Å². The van der Waals surface area contributed by atoms with Crippen molar-refractivity contribution in [2.24, 2.45) is 11.3 Å². The average Bonchev–Trinajstić information content (AvgIpc) is 3.04. The molecule has 2 aromatic rings. The summed E-state index contributed by atoms with van der Waals surface area (Å²) in [5.74, 6) is 0.311. The van der Waals surface area contributed by atoms with E-state index < -0.39 is 0 Å². The van der Waals surface area contributed by atoms with E-state index in [0.717, 1.165) is 24.8 Å². The minimum absolute atomic E-state index is 0.0157. The van der Waals surface area contributed by atoms with E-state index in [0.29, 0.717) is 19.6 Å². The predicted molar refractivity (Wildman–Crippen MR) is 104 cm³/mol. The van der Waals surface area contributed by atoms with E-state index in [2.05, 4.69) is 22.4 Å². The smallest absolute Gasteiger partial charge is 0.227 e. The standard InChI is InChI=1S/C21H29N3O2/c1-21(2,3)20(26)24-12-9-15(10-13-24)19(25)22-11-8-16-14-23-18-7-5-4-6-17(16)18/h4-7,14-15,23H,8-13H2,1-3H3,(H,22,25). The van der Waals surface area contributed by atoms with Crippen LogP contribution in [0.25, 0.3) is 10.9 Å². The molecule has 3 rings (SSSR count). The number of piperidine rings is 1. The molecule has 0 bridgehead atoms. The summed E-state index contributed by atoms with van der Waals surface area (Å²) in [6, 6.07) is 8.21. The van der Waals surface area contributed by atoms with Gasteiger partial charge in [0.1, 0.15) is 0 Å². The Morgan fingerprint density at radius 3 is 2.58 bits per heavy atom. The number of rotatable bonds is 4. The summed E-state index contributed by atoms with van der Waals surface area (Å²) in [7, 11) is 0. The minimum atomic E-state index is -0.353. The molecule has 1 aliphatic rings. The van der Waals surface area contributed by atoms with Gasteiger partial charge in [-0.1, -0.05) is 39.0 Å². The Balaban J connectivity index is 1.45. The second kappa shape index (κ2) is 7.52. The van der Waals surface area contributed by atoms with Gasteiger partial charge in [-0.3, -0.25) is 9.59 Å². The van der Waals surface area contributed by atoms with Gasteiger partial charge in [0.05, 0.1) is 0 Å². The Labute approximate surface area is 155 Å². The van der Waals surface area contributed by atoms with Crippen LogP contribution in [0.1, 0.15) is 39.2 Å². The van der Waals surface area contributed by atoms with Gasteiger partial charge in [0.2, 0.25) is 11.8 Å². The first-order chi connectivity index (χ1) is 12.4. The summed E-state index contributed by atoms with van der Waals surface area (Å²) in [6.45, 7) is 7.83. The molecule has 0 saturated carbocycles. The molecular formula is C21H29N3O2. The first-order valence-corrected chi connectivity index (χ1v) is 9.48. The molecule has 2 amide bonds. The van der Waals surface area contributed by atoms with Gasteiger partial charge < -0.3 is 15.2 Å². The van der Waals surface area contributed by atoms with Crippen LogP contribution in [0.5, 0.6) is 0 Å². The molecule has 0 unspecified atom stereocenters. The number of hydrogen-bond acceptors (Lipinski definition) is 2. The molecule has 140 valence electrons. The largest absolute Gasteiger partial charge is 0.361 e. The zero-order valence-electron chi connectivity index (χ0n) is 16.0. The Morgan fingerprint density at radius 1 is 1.19 bits per heavy atom. The maximum atomic E-state index is 12.4. The number of carbonyl (C=O) groups is 2. The van der Waals surface area contributed by atoms with Gasteiger partial charge in [-0.2, -0.15) is 0 Å². The number of benzene rings is 1. The number of nitrogens with zero attached hydrogens (tertiary/aromatic N) is 1. The number of carbonyl (C=O) groups excluding carboxylic acids is 2. The number of nitrogens with one attached hydrogen (secondary N) is 2. The highest BCUT2D eigenvalue weighted by Gasteiger charge is 2.32. The molecule has 26 heavy (non-hydrogen) atoms. The van der Waals surface area contributed by atoms with Gasteiger partial charge in [0.25, 0.3) is 0 Å². The number of aromatic nitrogens is 1. The van der Waals surface area contributed by atoms with E-state index in [9.17, 15) is 9.59 Å². The van der Waals surface area contributed by atoms with Gasteiger partial charge in [0.15, 0.2) is 0 Å². The molecule has 0 atom stereocenters. The quantitative estimate of drug-likeness (QED) is 0.885. The van der Waals surface area contributed by atoms with Crippen molar-refractivity contribution in [3.63, 3.8) is 0 Å². The Morgan fingerprint density at radius 2 is 1.88 bits per heavy atom. The molecule has 2 heterocycles. The molecule has 0 spiro atoms. The zero-order chi connectivity index (χ0) is 18.7. The molecular weight excluding hydrogens is 326 g/mol. The van der Waals surface area contributed by atoms with E-state index in [1.54, 1.807) is 0 Å². The van der Waals surface area contributed by atoms with E-state index in [-0.39, 0.29) is 23.1 Å². The highest BCUT2D eigenvalue weighted by molar-refractivity contribution is 5.84. The summed E-state index contributed by atoms with van der Waals surface area (Å²) in [4.78, 5) is 29.9. The number of H-pyrrole nitrogens is 1. The lowest BCUT2D eigenvalue weighted by Gasteiger charge is -2.35. The Hall–Kier alpha value is -2.30. The molecule has 1 aromatic carbocycles. The number of amides is 2. The third kappa shape index (κ3) is 4.09. The van der Waals surface area contributed by atoms with Crippen LogP contribution >= 0.6 is 0 Å². The number of para-hydroxylation sites is 1. The van der Waals surface area contributed by atoms with Crippen LogP contribution in [0.2, 0.25) is 0 Å². The zero-order valence-corrected chi connectivity index (χ0v) is 16.0. The number of aromatic amines is 1. The van der Waals surface area contributed by atoms with Crippen molar-refractivity contribution in [3.05, 3.63) is 36.0 Å². The topological polar surface area (TPSA) is 65.2 Å². The number of hydrogen-bond donors (Lipinski definition) is 2. The van der Waals surface area contributed by atoms with Crippen LogP contribution in [0, 0.1) is 11.3 Å². The van der Waals surface area contributed by atoms with Crippen molar-refractivity contribution in [2.75, 3.05) is 19.6 Å². The van der Waals surface area contributed by atoms with Crippen LogP contribution in [0.15, 0.2) is 30.5 Å². The lowest BCUT2D eigenvalue weighted by atomic mass is 9.90. The average molecular weight is 355 g/mol. The van der Waals surface area contributed by atoms with Gasteiger partial charge in [0, 0.05) is 48.1 Å². The second-order valence-electron chi connectivity index (χ2n) is 8.22. The van der Waals surface area contributed by atoms with E-state index in [1.807, 2.05) is 44.0 Å². The number of likely N-dealkylation sites (tertiary alicyclic amines) is 1. The third-order valence-corrected chi connectivity index (χ3v) is 5.16. The highest BCUT2D eigenvalue weighted by atomic mass is 16.2. The monoisotopic (exact) mass is 355 g/mol. The molecule has 5 nitrogen and oxygen atoms in total. The predicted octanol–water partition coefficient (Wildman–Crippen LogP) is 3.11. The maximum Gasteiger partial charge on any atom is 0.227 e. The van der Waals surface area contributed by atoms with Crippen molar-refractivity contribution in [2.45, 2.75) is 40.0 Å². The second-order valence-corrected chi connectivity index (χ2v) is 8.22. The van der Waals surface area contributed by atoms with Crippen LogP contribution in [0.3, 0.4) is 0 Å². The third-order valence-electron chi connectivity index (χ3n) is 5.16. The van der Waals surface area contributed by atoms with Crippen LogP contribution in [0.4, 0.5) is 0 Å². The number of fused-ring (bicyclic) bond motifs is 1. The van der Waals surface area contributed by atoms with Gasteiger partial charge in [-0.15, -0.1) is 0 Å². The first-order valence-electron chi connectivity index (χ1n) is 9.48. The van der Waals surface area contributed by atoms with Crippen molar-refractivity contribution in [3.8, 4) is 0 Å². The fourth-order valence-electron chi connectivity index (χ4n) is 3.62. The van der Waals surface area contributed by atoms with Gasteiger partial charge in [-0.05, 0) is 30.9 Å². The molecule has 5 heteroatoms. The Kier molecular flexibility index (Phi) is 5.35. The fraction of sp³-hybridized carbons (Fsp3) is 0.524. The summed E-state index contributed by atoms with van der Waals surface area (Å²) in [5, 5.41) is 4.29. The molecule has 1 saturated heterocycles. The molecule has 0 radical (unpaired) electrons. The lowest BCUT2D eigenvalue weighted by Crippen LogP contribution is -2.46. The van der Waals surface area contributed by atoms with Crippen molar-refractivity contribution in [1.82, 2.24) is 15.2 Å². The molecule has 2 N–H and O–H groups in total. The first kappa shape index (κ1) is 18.5. The van der Waals surface area contributed by atoms with Gasteiger partial charge >= 0.3 is 0 Å². The summed E-state index contributed by atoms with van der Waals surface area (Å²) < 4.78 is 0. The van der Waals surface area contributed by atoms with Crippen molar-refractivity contribution >= 4 is 22.7 Å². The lowest BCUT2D eigenvalue weighted by molar-refractivity contribution is -0.142. The maximum absolute atomic E-state index is 12.4. The van der Waals surface area contributed by atoms with E-state index in [1.165, 1.54) is 10.9 Å². The summed E-state index contributed by atoms with van der Waals surface area (Å²) in [5.41, 5.74) is 2.00. The summed E-state index contributed by atoms with van der Waals surface area (Å²) >= 11 is 0. The molecule has 1 fully saturated rings. The van der Waals surface area contributed by atoms with Crippen LogP contribution < -0.4 is 5.32 Å². The highest BCUT2D eigenvalue weighted by Crippen LogP contribution is 2.24. The Bertz CT molecular complexity index is 780. The van der Waals surface area contributed by atoms with Crippen LogP contribution in [-0.4, -0.2) is 41.3 Å². The molecule has 0 aliphatic carbocycles. The van der Waals surface area contributed by atoms with E-state index in [4.69, 9.17) is 0 Å². The van der Waals surface area contributed by atoms with Crippen molar-refractivity contribution < 1.29 is 9.59 Å².